The molecule has 0 bridgehead atoms. The topological polar surface area (TPSA) is 121 Å². The first-order valence-corrected chi connectivity index (χ1v) is 17.4. The number of carbonyl (C=O) groups excluding carboxylic acids is 2. The average molecular weight is 1030 g/mol. The van der Waals surface area contributed by atoms with Crippen LogP contribution in [0.3, 0.4) is 0 Å². The summed E-state index contributed by atoms with van der Waals surface area (Å²) in [5, 5.41) is 40.8. The number of hydrogen-bond acceptors (Lipinski definition) is 6. The van der Waals surface area contributed by atoms with E-state index in [1.54, 1.807) is 0 Å². The summed E-state index contributed by atoms with van der Waals surface area (Å²) in [7, 11) is -0.520. The maximum Gasteiger partial charge on any atom is 1.00 e. The third kappa shape index (κ3) is 21.1. The van der Waals surface area contributed by atoms with Crippen molar-refractivity contribution < 1.29 is 74.8 Å². The third-order valence-corrected chi connectivity index (χ3v) is 10.4. The van der Waals surface area contributed by atoms with Crippen LogP contribution in [0.1, 0.15) is 25.7 Å². The molecule has 256 valence electrons. The minimum Gasteiger partial charge on any atom is -0.550 e. The molecule has 0 radical (unpaired) electrons. The number of rotatable bonds is 12. The molecule has 10 heteroatoms. The molecule has 0 amide bonds. The van der Waals surface area contributed by atoms with Crippen LogP contribution in [0, 0.1) is 13.8 Å². The smallest absolute Gasteiger partial charge is 0.550 e. The number of carbonyl (C=O) groups is 2. The molecule has 0 aromatic heterocycles. The van der Waals surface area contributed by atoms with E-state index in [-0.39, 0.29) is 86.7 Å². The fourth-order valence-electron chi connectivity index (χ4n) is 3.69. The van der Waals surface area contributed by atoms with E-state index in [1.165, 1.54) is 21.2 Å². The van der Waals surface area contributed by atoms with E-state index in [2.05, 4.69) is 135 Å². The van der Waals surface area contributed by atoms with E-state index in [0.717, 1.165) is 12.3 Å². The Bertz CT molecular complexity index is 1090. The first-order valence-electron chi connectivity index (χ1n) is 14.3. The molecular formula is C36H42Au2O6P2-2. The van der Waals surface area contributed by atoms with Gasteiger partial charge in [-0.1, -0.05) is 137 Å². The van der Waals surface area contributed by atoms with Crippen molar-refractivity contribution in [3.63, 3.8) is 0 Å². The van der Waals surface area contributed by atoms with Crippen LogP contribution in [0.2, 0.25) is 0 Å². The maximum absolute atomic E-state index is 9.54. The first kappa shape index (κ1) is 46.2. The minimum absolute atomic E-state index is 0. The van der Waals surface area contributed by atoms with Gasteiger partial charge in [0.15, 0.2) is 0 Å². The monoisotopic (exact) mass is 1030 g/mol. The summed E-state index contributed by atoms with van der Waals surface area (Å²) in [5.74, 6) is -2.21. The Labute approximate surface area is 308 Å². The van der Waals surface area contributed by atoms with Gasteiger partial charge in [0, 0.05) is 25.2 Å². The van der Waals surface area contributed by atoms with E-state index in [9.17, 15) is 19.8 Å². The molecule has 0 heterocycles. The van der Waals surface area contributed by atoms with Crippen LogP contribution in [0.25, 0.3) is 0 Å². The van der Waals surface area contributed by atoms with Crippen LogP contribution >= 0.6 is 15.8 Å². The molecule has 0 aliphatic heterocycles. The Morgan fingerprint density at radius 1 is 0.500 bits per heavy atom. The Kier molecular flexibility index (Phi) is 30.5. The van der Waals surface area contributed by atoms with Crippen LogP contribution in [-0.2, 0) is 54.3 Å². The molecule has 0 saturated heterocycles. The maximum atomic E-state index is 9.54. The summed E-state index contributed by atoms with van der Waals surface area (Å²) in [4.78, 5) is 19.1. The van der Waals surface area contributed by atoms with Crippen molar-refractivity contribution >= 4 is 49.0 Å². The van der Waals surface area contributed by atoms with Crippen molar-refractivity contribution in [3.8, 4) is 0 Å². The summed E-state index contributed by atoms with van der Waals surface area (Å²) in [6.45, 7) is 7.98. The van der Waals surface area contributed by atoms with Crippen molar-refractivity contribution in [2.45, 2.75) is 25.7 Å². The largest absolute Gasteiger partial charge is 1.00 e. The fourth-order valence-corrected chi connectivity index (χ4v) is 7.45. The molecule has 0 aliphatic carbocycles. The van der Waals surface area contributed by atoms with E-state index < -0.39 is 11.9 Å². The van der Waals surface area contributed by atoms with Gasteiger partial charge in [-0.2, -0.15) is 12.3 Å². The van der Waals surface area contributed by atoms with E-state index in [0.29, 0.717) is 12.8 Å². The van der Waals surface area contributed by atoms with Crippen LogP contribution < -0.4 is 31.4 Å². The van der Waals surface area contributed by atoms with Crippen LogP contribution in [0.4, 0.5) is 0 Å². The second-order valence-electron chi connectivity index (χ2n) is 9.04. The van der Waals surface area contributed by atoms with Gasteiger partial charge in [-0.25, -0.2) is 0 Å². The molecule has 46 heavy (non-hydrogen) atoms. The SMILES string of the molecule is O=C([O-])CCCO.O=C([O-])CCCO.[Au+].[Au+].[CH2-]CP(c1ccccc1)c1ccccc1.[CH2-]CP(c1ccccc1)c1ccccc1. The normalized spacial score (nSPS) is 9.52. The summed E-state index contributed by atoms with van der Waals surface area (Å²) in [6.07, 6.45) is 2.42. The predicted molar refractivity (Wildman–Crippen MR) is 181 cm³/mol. The number of carboxylic acids is 2. The van der Waals surface area contributed by atoms with E-state index >= 15 is 0 Å². The third-order valence-electron chi connectivity index (χ3n) is 5.80. The summed E-state index contributed by atoms with van der Waals surface area (Å²) >= 11 is 0. The van der Waals surface area contributed by atoms with Crippen molar-refractivity contribution in [2.24, 2.45) is 0 Å². The molecule has 0 atom stereocenters. The second-order valence-corrected chi connectivity index (χ2v) is 13.7. The number of hydrogen-bond donors (Lipinski definition) is 2. The van der Waals surface area contributed by atoms with Gasteiger partial charge in [0.25, 0.3) is 0 Å². The summed E-state index contributed by atoms with van der Waals surface area (Å²) < 4.78 is 0. The molecule has 2 N–H and O–H groups in total. The molecule has 0 unspecified atom stereocenters. The minimum atomic E-state index is -1.10. The van der Waals surface area contributed by atoms with Gasteiger partial charge >= 0.3 is 44.8 Å². The first-order chi connectivity index (χ1) is 21.4. The zero-order valence-electron chi connectivity index (χ0n) is 25.6. The molecule has 0 fully saturated rings. The average Bonchev–Trinajstić information content (AvgIpc) is 3.06. The Balaban J connectivity index is 0. The van der Waals surface area contributed by atoms with Crippen molar-refractivity contribution in [1.29, 1.82) is 0 Å². The van der Waals surface area contributed by atoms with Crippen LogP contribution in [0.15, 0.2) is 121 Å². The second kappa shape index (κ2) is 30.4. The number of aliphatic hydroxyl groups is 2. The van der Waals surface area contributed by atoms with E-state index in [4.69, 9.17) is 10.2 Å². The van der Waals surface area contributed by atoms with Gasteiger partial charge in [-0.15, -0.1) is 0 Å². The number of benzene rings is 4. The van der Waals surface area contributed by atoms with Crippen molar-refractivity contribution in [2.75, 3.05) is 25.5 Å². The molecule has 0 spiro atoms. The molecule has 6 nitrogen and oxygen atoms in total. The molecular weight excluding hydrogens is 984 g/mol. The van der Waals surface area contributed by atoms with Gasteiger partial charge in [0.2, 0.25) is 0 Å². The van der Waals surface area contributed by atoms with Gasteiger partial charge in [0.05, 0.1) is 0 Å². The van der Waals surface area contributed by atoms with Crippen LogP contribution in [-0.4, -0.2) is 47.7 Å². The fraction of sp³-hybridized carbons (Fsp3) is 0.222. The number of aliphatic hydroxyl groups excluding tert-OH is 2. The molecule has 0 saturated carbocycles. The van der Waals surface area contributed by atoms with Gasteiger partial charge < -0.3 is 43.9 Å². The quantitative estimate of drug-likeness (QED) is 0.128. The zero-order chi connectivity index (χ0) is 32.4. The Morgan fingerprint density at radius 2 is 0.717 bits per heavy atom. The van der Waals surface area contributed by atoms with Gasteiger partial charge in [-0.3, -0.25) is 0 Å². The van der Waals surface area contributed by atoms with Gasteiger partial charge in [0.1, 0.15) is 0 Å². The molecule has 4 rings (SSSR count). The standard InChI is InChI=1S/2C14H14P.2C4H8O3.2Au/c2*1-2-15(13-9-5-3-6-10-13)14-11-7-4-8-12-14;2*5-3-1-2-4(6)7;;/h2*3-12H,1-2H2;2*5H,1-3H2,(H,6,7);;/q2*-1;;;2*+1/p-2. The Hall–Kier alpha value is -1.92. The Morgan fingerprint density at radius 3 is 0.848 bits per heavy atom. The predicted octanol–water partition coefficient (Wildman–Crippen LogP) is 2.92. The molecule has 4 aromatic rings. The molecule has 4 aromatic carbocycles. The number of aliphatic carboxylic acids is 2. The van der Waals surface area contributed by atoms with Crippen molar-refractivity contribution in [1.82, 2.24) is 0 Å². The summed E-state index contributed by atoms with van der Waals surface area (Å²) in [6, 6.07) is 42.6. The number of carboxylic acid groups (broad SMARTS) is 2. The van der Waals surface area contributed by atoms with E-state index in [1.807, 2.05) is 0 Å². The van der Waals surface area contributed by atoms with Gasteiger partial charge in [-0.05, 0) is 46.9 Å². The van der Waals surface area contributed by atoms with Crippen molar-refractivity contribution in [3.05, 3.63) is 135 Å². The summed E-state index contributed by atoms with van der Waals surface area (Å²) in [5.41, 5.74) is 0. The zero-order valence-corrected chi connectivity index (χ0v) is 31.8. The van der Waals surface area contributed by atoms with Crippen LogP contribution in [0.5, 0.6) is 0 Å². The molecule has 0 aliphatic rings.